The van der Waals surface area contributed by atoms with Crippen molar-refractivity contribution in [1.29, 1.82) is 0 Å². The van der Waals surface area contributed by atoms with Gasteiger partial charge in [0.15, 0.2) is 0 Å². The minimum absolute atomic E-state index is 0.747. The molecule has 0 radical (unpaired) electrons. The molecular formula is C15H24N2O. The van der Waals surface area contributed by atoms with Crippen LogP contribution in [-0.2, 0) is 6.42 Å². The van der Waals surface area contributed by atoms with Gasteiger partial charge in [-0.1, -0.05) is 0 Å². The molecule has 2 N–H and O–H groups in total. The zero-order valence-electron chi connectivity index (χ0n) is 11.3. The number of anilines is 1. The van der Waals surface area contributed by atoms with Crippen molar-refractivity contribution in [2.24, 2.45) is 5.73 Å². The minimum atomic E-state index is 0.747. The van der Waals surface area contributed by atoms with Crippen LogP contribution in [-0.4, -0.2) is 26.7 Å². The van der Waals surface area contributed by atoms with E-state index in [1.54, 1.807) is 7.11 Å². The van der Waals surface area contributed by atoms with Crippen molar-refractivity contribution in [1.82, 2.24) is 0 Å². The van der Waals surface area contributed by atoms with Gasteiger partial charge in [-0.2, -0.15) is 0 Å². The van der Waals surface area contributed by atoms with Crippen LogP contribution in [0.1, 0.15) is 31.2 Å². The van der Waals surface area contributed by atoms with Gasteiger partial charge in [0.2, 0.25) is 0 Å². The molecule has 3 heteroatoms. The van der Waals surface area contributed by atoms with E-state index in [0.29, 0.717) is 0 Å². The normalized spacial score (nSPS) is 15.8. The molecule has 1 saturated heterocycles. The van der Waals surface area contributed by atoms with Gasteiger partial charge in [-0.05, 0) is 62.4 Å². The van der Waals surface area contributed by atoms with Gasteiger partial charge in [-0.25, -0.2) is 0 Å². The van der Waals surface area contributed by atoms with Crippen LogP contribution >= 0.6 is 0 Å². The van der Waals surface area contributed by atoms with Crippen LogP contribution in [0.4, 0.5) is 5.69 Å². The Hall–Kier alpha value is -1.22. The molecule has 0 atom stereocenters. The Morgan fingerprint density at radius 3 is 2.67 bits per heavy atom. The first-order valence-corrected chi connectivity index (χ1v) is 6.97. The van der Waals surface area contributed by atoms with E-state index < -0.39 is 0 Å². The summed E-state index contributed by atoms with van der Waals surface area (Å²) >= 11 is 0. The summed E-state index contributed by atoms with van der Waals surface area (Å²) in [6.45, 7) is 3.11. The molecule has 1 aromatic carbocycles. The zero-order chi connectivity index (χ0) is 12.8. The molecule has 0 spiro atoms. The lowest BCUT2D eigenvalue weighted by atomic mass is 10.0. The Balaban J connectivity index is 2.20. The Kier molecular flexibility index (Phi) is 4.88. The molecule has 1 aliphatic heterocycles. The molecule has 0 amide bonds. The van der Waals surface area contributed by atoms with E-state index in [1.807, 2.05) is 0 Å². The second kappa shape index (κ2) is 6.64. The summed E-state index contributed by atoms with van der Waals surface area (Å²) in [6, 6.07) is 6.44. The van der Waals surface area contributed by atoms with Gasteiger partial charge < -0.3 is 15.4 Å². The standard InChI is InChI=1S/C15H24N2O/c1-18-14-7-8-15(13(12-14)6-5-9-16)17-10-3-2-4-11-17/h7-8,12H,2-6,9-11,16H2,1H3. The molecule has 0 aliphatic carbocycles. The maximum Gasteiger partial charge on any atom is 0.119 e. The second-order valence-electron chi connectivity index (χ2n) is 4.93. The average molecular weight is 248 g/mol. The van der Waals surface area contributed by atoms with Gasteiger partial charge in [-0.3, -0.25) is 0 Å². The average Bonchev–Trinajstić information content (AvgIpc) is 2.45. The molecule has 0 bridgehead atoms. The van der Waals surface area contributed by atoms with Crippen molar-refractivity contribution in [3.05, 3.63) is 23.8 Å². The van der Waals surface area contributed by atoms with E-state index in [4.69, 9.17) is 10.5 Å². The monoisotopic (exact) mass is 248 g/mol. The molecule has 1 aliphatic rings. The third-order valence-corrected chi connectivity index (χ3v) is 3.63. The Morgan fingerprint density at radius 1 is 1.22 bits per heavy atom. The number of hydrogen-bond acceptors (Lipinski definition) is 3. The Bertz CT molecular complexity index is 373. The number of hydrogen-bond donors (Lipinski definition) is 1. The van der Waals surface area contributed by atoms with Gasteiger partial charge in [0.05, 0.1) is 7.11 Å². The number of nitrogens with two attached hydrogens (primary N) is 1. The number of rotatable bonds is 5. The Morgan fingerprint density at radius 2 is 2.00 bits per heavy atom. The summed E-state index contributed by atoms with van der Waals surface area (Å²) in [5.41, 5.74) is 8.39. The third-order valence-electron chi connectivity index (χ3n) is 3.63. The van der Waals surface area contributed by atoms with Crippen molar-refractivity contribution < 1.29 is 4.74 Å². The van der Waals surface area contributed by atoms with Crippen LogP contribution < -0.4 is 15.4 Å². The Labute approximate surface area is 110 Å². The molecule has 100 valence electrons. The van der Waals surface area contributed by atoms with Crippen LogP contribution in [0.2, 0.25) is 0 Å². The molecule has 1 heterocycles. The first-order valence-electron chi connectivity index (χ1n) is 6.97. The molecule has 0 unspecified atom stereocenters. The fraction of sp³-hybridized carbons (Fsp3) is 0.600. The van der Waals surface area contributed by atoms with Gasteiger partial charge in [0.1, 0.15) is 5.75 Å². The SMILES string of the molecule is COc1ccc(N2CCCCC2)c(CCCN)c1. The first kappa shape index (κ1) is 13.2. The van der Waals surface area contributed by atoms with Crippen molar-refractivity contribution in [2.75, 3.05) is 31.6 Å². The highest BCUT2D eigenvalue weighted by Gasteiger charge is 2.14. The lowest BCUT2D eigenvalue weighted by Gasteiger charge is -2.31. The highest BCUT2D eigenvalue weighted by Crippen LogP contribution is 2.28. The maximum atomic E-state index is 5.63. The zero-order valence-corrected chi connectivity index (χ0v) is 11.3. The van der Waals surface area contributed by atoms with Gasteiger partial charge in [0.25, 0.3) is 0 Å². The maximum absolute atomic E-state index is 5.63. The fourth-order valence-corrected chi connectivity index (χ4v) is 2.62. The van der Waals surface area contributed by atoms with Crippen molar-refractivity contribution >= 4 is 5.69 Å². The molecule has 3 nitrogen and oxygen atoms in total. The van der Waals surface area contributed by atoms with E-state index in [2.05, 4.69) is 23.1 Å². The number of nitrogens with zero attached hydrogens (tertiary/aromatic N) is 1. The van der Waals surface area contributed by atoms with Crippen LogP contribution in [0.15, 0.2) is 18.2 Å². The summed E-state index contributed by atoms with van der Waals surface area (Å²) < 4.78 is 5.33. The van der Waals surface area contributed by atoms with Gasteiger partial charge in [0, 0.05) is 18.8 Å². The smallest absolute Gasteiger partial charge is 0.119 e. The number of methoxy groups -OCH3 is 1. The number of benzene rings is 1. The van der Waals surface area contributed by atoms with Gasteiger partial charge >= 0.3 is 0 Å². The summed E-state index contributed by atoms with van der Waals surface area (Å²) in [4.78, 5) is 2.51. The number of aryl methyl sites for hydroxylation is 1. The van der Waals surface area contributed by atoms with Gasteiger partial charge in [-0.15, -0.1) is 0 Å². The summed E-state index contributed by atoms with van der Waals surface area (Å²) in [5, 5.41) is 0. The first-order chi connectivity index (χ1) is 8.85. The van der Waals surface area contributed by atoms with E-state index in [0.717, 1.165) is 25.1 Å². The summed E-state index contributed by atoms with van der Waals surface area (Å²) in [5.74, 6) is 0.947. The molecule has 1 aromatic rings. The minimum Gasteiger partial charge on any atom is -0.497 e. The largest absolute Gasteiger partial charge is 0.497 e. The lowest BCUT2D eigenvalue weighted by Crippen LogP contribution is -2.30. The van der Waals surface area contributed by atoms with Crippen LogP contribution in [0.5, 0.6) is 5.75 Å². The number of ether oxygens (including phenoxy) is 1. The third kappa shape index (κ3) is 3.16. The summed E-state index contributed by atoms with van der Waals surface area (Å²) in [7, 11) is 1.72. The quantitative estimate of drug-likeness (QED) is 0.870. The summed E-state index contributed by atoms with van der Waals surface area (Å²) in [6.07, 6.45) is 6.06. The highest BCUT2D eigenvalue weighted by molar-refractivity contribution is 5.56. The second-order valence-corrected chi connectivity index (χ2v) is 4.93. The van der Waals surface area contributed by atoms with E-state index in [1.165, 1.54) is 43.6 Å². The molecule has 0 aromatic heterocycles. The van der Waals surface area contributed by atoms with Crippen LogP contribution in [0, 0.1) is 0 Å². The molecular weight excluding hydrogens is 224 g/mol. The molecule has 0 saturated carbocycles. The topological polar surface area (TPSA) is 38.5 Å². The van der Waals surface area contributed by atoms with Crippen molar-refractivity contribution in [3.63, 3.8) is 0 Å². The predicted molar refractivity (Wildman–Crippen MR) is 76.4 cm³/mol. The van der Waals surface area contributed by atoms with E-state index in [9.17, 15) is 0 Å². The molecule has 18 heavy (non-hydrogen) atoms. The fourth-order valence-electron chi connectivity index (χ4n) is 2.62. The predicted octanol–water partition coefficient (Wildman–Crippen LogP) is 2.58. The van der Waals surface area contributed by atoms with Crippen molar-refractivity contribution in [2.45, 2.75) is 32.1 Å². The van der Waals surface area contributed by atoms with E-state index in [-0.39, 0.29) is 0 Å². The molecule has 2 rings (SSSR count). The molecule has 1 fully saturated rings. The van der Waals surface area contributed by atoms with Crippen LogP contribution in [0.3, 0.4) is 0 Å². The van der Waals surface area contributed by atoms with Crippen LogP contribution in [0.25, 0.3) is 0 Å². The lowest BCUT2D eigenvalue weighted by molar-refractivity contribution is 0.414. The number of piperidine rings is 1. The van der Waals surface area contributed by atoms with Crippen molar-refractivity contribution in [3.8, 4) is 5.75 Å². The highest BCUT2D eigenvalue weighted by atomic mass is 16.5. The van der Waals surface area contributed by atoms with E-state index >= 15 is 0 Å².